The van der Waals surface area contributed by atoms with Crippen molar-refractivity contribution in [3.05, 3.63) is 87.8 Å². The molecule has 0 aliphatic carbocycles. The highest BCUT2D eigenvalue weighted by atomic mass is 16.6. The molecule has 3 N–H and O–H groups in total. The van der Waals surface area contributed by atoms with Crippen LogP contribution in [0.25, 0.3) is 0 Å². The molecule has 2 aromatic carbocycles. The van der Waals surface area contributed by atoms with Crippen LogP contribution < -0.4 is 16.1 Å². The van der Waals surface area contributed by atoms with Crippen LogP contribution in [0.1, 0.15) is 63.6 Å². The summed E-state index contributed by atoms with van der Waals surface area (Å²) in [5.74, 6) is 1.80. The molecule has 0 bridgehead atoms. The average Bonchev–Trinajstić information content (AvgIpc) is 2.95. The largest absolute Gasteiger partial charge is 0.466 e. The van der Waals surface area contributed by atoms with E-state index >= 15 is 0 Å². The Labute approximate surface area is 254 Å². The summed E-state index contributed by atoms with van der Waals surface area (Å²) in [6.45, 7) is 8.69. The van der Waals surface area contributed by atoms with Gasteiger partial charge in [0.25, 0.3) is 5.91 Å². The molecule has 226 valence electrons. The van der Waals surface area contributed by atoms with Crippen LogP contribution in [-0.2, 0) is 33.4 Å². The molecular weight excluding hydrogens is 564 g/mol. The number of rotatable bonds is 5. The third-order valence-corrected chi connectivity index (χ3v) is 6.63. The number of nitrogens with one attached hydrogen (secondary N) is 3. The zero-order valence-corrected chi connectivity index (χ0v) is 25.2. The smallest absolute Gasteiger partial charge is 0.385 e. The van der Waals surface area contributed by atoms with Gasteiger partial charge in [0.2, 0.25) is 5.91 Å². The highest BCUT2D eigenvalue weighted by Crippen LogP contribution is 2.39. The Kier molecular flexibility index (Phi) is 9.14. The van der Waals surface area contributed by atoms with Crippen molar-refractivity contribution >= 4 is 40.9 Å². The summed E-state index contributed by atoms with van der Waals surface area (Å²) < 4.78 is 10.4. The van der Waals surface area contributed by atoms with Crippen LogP contribution in [-0.4, -0.2) is 48.0 Å². The minimum atomic E-state index is -0.830. The standard InChI is InChI=1S/C33H32N4O7/c1-18-27(31(41)35-23-13-11-21(12-14-23)30-24(38)17-25(39)36-37-30)29(28(19(2)34-18)32(42)43-6)22-9-7-8-20(16-22)10-15-26(40)44-33(3,4)5/h7-9,11-14,16,29,34H,17H2,1-6H3,(H,35,41)(H,36,39). The highest BCUT2D eigenvalue weighted by Gasteiger charge is 2.37. The first-order valence-corrected chi connectivity index (χ1v) is 13.7. The zero-order chi connectivity index (χ0) is 32.2. The van der Waals surface area contributed by atoms with E-state index < -0.39 is 41.1 Å². The van der Waals surface area contributed by atoms with Gasteiger partial charge in [0.1, 0.15) is 11.3 Å². The summed E-state index contributed by atoms with van der Waals surface area (Å²) in [6.07, 6.45) is -0.289. The number of anilines is 1. The lowest BCUT2D eigenvalue weighted by atomic mass is 9.79. The van der Waals surface area contributed by atoms with Gasteiger partial charge in [0, 0.05) is 39.7 Å². The average molecular weight is 597 g/mol. The second kappa shape index (κ2) is 12.8. The lowest BCUT2D eigenvalue weighted by Crippen LogP contribution is -2.34. The maximum Gasteiger partial charge on any atom is 0.385 e. The van der Waals surface area contributed by atoms with Gasteiger partial charge in [0.05, 0.1) is 25.0 Å². The molecule has 0 saturated carbocycles. The Balaban J connectivity index is 1.67. The number of amides is 2. The van der Waals surface area contributed by atoms with Crippen LogP contribution >= 0.6 is 0 Å². The number of nitrogens with zero attached hydrogens (tertiary/aromatic N) is 1. The zero-order valence-electron chi connectivity index (χ0n) is 25.2. The number of Topliss-reactive ketones (excluding diaryl/α,β-unsaturated/α-hetero) is 1. The van der Waals surface area contributed by atoms with Gasteiger partial charge in [-0.05, 0) is 64.4 Å². The Morgan fingerprint density at radius 1 is 1.00 bits per heavy atom. The molecule has 2 aromatic rings. The van der Waals surface area contributed by atoms with E-state index in [9.17, 15) is 24.0 Å². The molecule has 0 fully saturated rings. The summed E-state index contributed by atoms with van der Waals surface area (Å²) in [7, 11) is 1.27. The van der Waals surface area contributed by atoms with Crippen LogP contribution in [0, 0.1) is 11.8 Å². The summed E-state index contributed by atoms with van der Waals surface area (Å²) in [4.78, 5) is 62.7. The van der Waals surface area contributed by atoms with Crippen LogP contribution in [0.3, 0.4) is 0 Å². The van der Waals surface area contributed by atoms with E-state index in [4.69, 9.17) is 9.47 Å². The van der Waals surface area contributed by atoms with Crippen molar-refractivity contribution in [1.29, 1.82) is 0 Å². The molecule has 2 aliphatic heterocycles. The molecule has 11 nitrogen and oxygen atoms in total. The van der Waals surface area contributed by atoms with Crippen molar-refractivity contribution in [2.24, 2.45) is 5.10 Å². The fraction of sp³-hybridized carbons (Fsp3) is 0.273. The highest BCUT2D eigenvalue weighted by molar-refractivity contribution is 6.49. The maximum absolute atomic E-state index is 13.8. The van der Waals surface area contributed by atoms with E-state index in [0.29, 0.717) is 33.8 Å². The number of methoxy groups -OCH3 is 1. The second-order valence-corrected chi connectivity index (χ2v) is 11.1. The number of carbonyl (C=O) groups is 5. The van der Waals surface area contributed by atoms with E-state index in [1.807, 2.05) is 0 Å². The number of carbonyl (C=O) groups excluding carboxylic acids is 5. The molecule has 2 aliphatic rings. The first-order valence-electron chi connectivity index (χ1n) is 13.7. The number of hydrogen-bond acceptors (Lipinski definition) is 9. The molecular formula is C33H32N4O7. The van der Waals surface area contributed by atoms with Crippen LogP contribution in [0.4, 0.5) is 5.69 Å². The minimum Gasteiger partial charge on any atom is -0.466 e. The summed E-state index contributed by atoms with van der Waals surface area (Å²) in [6, 6.07) is 13.3. The monoisotopic (exact) mass is 596 g/mol. The first kappa shape index (κ1) is 31.4. The van der Waals surface area contributed by atoms with Crippen molar-refractivity contribution in [2.75, 3.05) is 12.4 Å². The Hall–Kier alpha value is -5.50. The number of hydrazone groups is 1. The van der Waals surface area contributed by atoms with Gasteiger partial charge >= 0.3 is 11.9 Å². The number of hydrogen-bond donors (Lipinski definition) is 3. The van der Waals surface area contributed by atoms with Gasteiger partial charge < -0.3 is 20.1 Å². The number of ketones is 1. The van der Waals surface area contributed by atoms with Gasteiger partial charge in [-0.2, -0.15) is 5.10 Å². The quantitative estimate of drug-likeness (QED) is 0.270. The van der Waals surface area contributed by atoms with Gasteiger partial charge in [-0.3, -0.25) is 14.4 Å². The lowest BCUT2D eigenvalue weighted by Gasteiger charge is -2.31. The Morgan fingerprint density at radius 3 is 2.32 bits per heavy atom. The summed E-state index contributed by atoms with van der Waals surface area (Å²) in [5, 5.41) is 9.83. The molecule has 2 heterocycles. The Morgan fingerprint density at radius 2 is 1.68 bits per heavy atom. The normalized spacial score (nSPS) is 16.6. The third kappa shape index (κ3) is 7.28. The van der Waals surface area contributed by atoms with Crippen LogP contribution in [0.2, 0.25) is 0 Å². The number of dihydropyridines is 1. The molecule has 0 saturated heterocycles. The van der Waals surface area contributed by atoms with Gasteiger partial charge in [-0.25, -0.2) is 15.0 Å². The minimum absolute atomic E-state index is 0.121. The molecule has 0 aromatic heterocycles. The molecule has 11 heteroatoms. The maximum atomic E-state index is 13.8. The van der Waals surface area contributed by atoms with Gasteiger partial charge in [-0.1, -0.05) is 30.2 Å². The van der Waals surface area contributed by atoms with E-state index in [-0.39, 0.29) is 23.3 Å². The van der Waals surface area contributed by atoms with Crippen molar-refractivity contribution in [2.45, 2.75) is 52.6 Å². The van der Waals surface area contributed by atoms with Crippen molar-refractivity contribution in [3.63, 3.8) is 0 Å². The van der Waals surface area contributed by atoms with Crippen molar-refractivity contribution in [1.82, 2.24) is 10.7 Å². The first-order chi connectivity index (χ1) is 20.8. The molecule has 2 amide bonds. The fourth-order valence-electron chi connectivity index (χ4n) is 4.82. The predicted molar refractivity (Wildman–Crippen MR) is 162 cm³/mol. The third-order valence-electron chi connectivity index (χ3n) is 6.63. The molecule has 1 unspecified atom stereocenters. The number of esters is 2. The van der Waals surface area contributed by atoms with Crippen LogP contribution in [0.5, 0.6) is 0 Å². The number of benzene rings is 2. The predicted octanol–water partition coefficient (Wildman–Crippen LogP) is 3.22. The summed E-state index contributed by atoms with van der Waals surface area (Å²) >= 11 is 0. The van der Waals surface area contributed by atoms with Gasteiger partial charge in [0.15, 0.2) is 5.78 Å². The molecule has 44 heavy (non-hydrogen) atoms. The number of ether oxygens (including phenoxy) is 2. The molecule has 4 rings (SSSR count). The molecule has 0 radical (unpaired) electrons. The SMILES string of the molecule is COC(=O)C1=C(C)NC(C)=C(C(=O)Nc2ccc(C3=NNC(=O)CC3=O)cc2)C1c1cccc(C#CC(=O)OC(C)(C)C)c1. The van der Waals surface area contributed by atoms with Gasteiger partial charge in [-0.15, -0.1) is 0 Å². The molecule has 1 atom stereocenters. The van der Waals surface area contributed by atoms with E-state index in [2.05, 4.69) is 33.0 Å². The lowest BCUT2D eigenvalue weighted by molar-refractivity contribution is -0.147. The van der Waals surface area contributed by atoms with E-state index in [1.165, 1.54) is 7.11 Å². The van der Waals surface area contributed by atoms with Crippen molar-refractivity contribution < 1.29 is 33.4 Å². The van der Waals surface area contributed by atoms with Crippen molar-refractivity contribution in [3.8, 4) is 11.8 Å². The second-order valence-electron chi connectivity index (χ2n) is 11.1. The molecule has 0 spiro atoms. The van der Waals surface area contributed by atoms with E-state index in [1.54, 1.807) is 83.1 Å². The Bertz CT molecular complexity index is 1710. The number of allylic oxidation sites excluding steroid dienone is 2. The fourth-order valence-corrected chi connectivity index (χ4v) is 4.82. The topological polar surface area (TPSA) is 152 Å². The van der Waals surface area contributed by atoms with Crippen LogP contribution in [0.15, 0.2) is 76.2 Å². The van der Waals surface area contributed by atoms with E-state index in [0.717, 1.165) is 0 Å². The summed E-state index contributed by atoms with van der Waals surface area (Å²) in [5.41, 5.74) is 5.26.